The van der Waals surface area contributed by atoms with Crippen LogP contribution in [-0.4, -0.2) is 36.4 Å². The van der Waals surface area contributed by atoms with Crippen LogP contribution >= 0.6 is 0 Å². The Labute approximate surface area is 122 Å². The number of aromatic nitrogens is 4. The lowest BCUT2D eigenvalue weighted by atomic mass is 10.4. The van der Waals surface area contributed by atoms with Crippen molar-refractivity contribution in [3.8, 4) is 0 Å². The van der Waals surface area contributed by atoms with E-state index in [0.29, 0.717) is 30.1 Å². The van der Waals surface area contributed by atoms with E-state index in [9.17, 15) is 14.8 Å². The molecule has 0 aliphatic carbocycles. The van der Waals surface area contributed by atoms with E-state index in [-0.39, 0.29) is 6.54 Å². The minimum atomic E-state index is -0.425. The Hall–Kier alpha value is -1.93. The second-order valence-electron chi connectivity index (χ2n) is 5.31. The highest BCUT2D eigenvalue weighted by atomic mass is 16.5. The summed E-state index contributed by atoms with van der Waals surface area (Å²) in [5, 5.41) is 12.5. The average Bonchev–Trinajstić information content (AvgIpc) is 2.79. The molecule has 2 heterocycles. The third-order valence-electron chi connectivity index (χ3n) is 4.15. The van der Waals surface area contributed by atoms with Crippen molar-refractivity contribution in [1.82, 2.24) is 18.7 Å². The number of quaternary nitrogens is 1. The smallest absolute Gasteiger partial charge is 0.332 e. The van der Waals surface area contributed by atoms with Crippen LogP contribution in [0, 0.1) is 5.21 Å². The van der Waals surface area contributed by atoms with Gasteiger partial charge in [-0.25, -0.2) is 9.78 Å². The van der Waals surface area contributed by atoms with E-state index in [4.69, 9.17) is 0 Å². The fourth-order valence-electron chi connectivity index (χ4n) is 2.41. The van der Waals surface area contributed by atoms with Crippen LogP contribution in [-0.2, 0) is 27.7 Å². The van der Waals surface area contributed by atoms with Gasteiger partial charge in [0.1, 0.15) is 6.54 Å². The molecule has 0 aliphatic heterocycles. The number of aryl methyl sites for hydroxylation is 2. The summed E-state index contributed by atoms with van der Waals surface area (Å²) in [7, 11) is 4.70. The third-order valence-corrected chi connectivity index (χ3v) is 4.15. The van der Waals surface area contributed by atoms with Crippen molar-refractivity contribution in [2.45, 2.75) is 20.4 Å². The van der Waals surface area contributed by atoms with Crippen molar-refractivity contribution >= 4 is 11.2 Å². The zero-order valence-electron chi connectivity index (χ0n) is 13.1. The third kappa shape index (κ3) is 2.30. The van der Waals surface area contributed by atoms with Crippen molar-refractivity contribution in [3.05, 3.63) is 31.9 Å². The molecule has 0 saturated heterocycles. The number of nitrogens with zero attached hydrogens (tertiary/aromatic N) is 5. The molecule has 0 aromatic carbocycles. The molecule has 21 heavy (non-hydrogen) atoms. The van der Waals surface area contributed by atoms with E-state index in [2.05, 4.69) is 4.98 Å². The van der Waals surface area contributed by atoms with Gasteiger partial charge in [-0.3, -0.25) is 13.9 Å². The number of fused-ring (bicyclic) bond motifs is 1. The van der Waals surface area contributed by atoms with Crippen LogP contribution in [0.2, 0.25) is 0 Å². The molecule has 0 bridgehead atoms. The van der Waals surface area contributed by atoms with Crippen LogP contribution in [0.5, 0.6) is 0 Å². The zero-order valence-corrected chi connectivity index (χ0v) is 13.1. The van der Waals surface area contributed by atoms with E-state index >= 15 is 0 Å². The quantitative estimate of drug-likeness (QED) is 0.579. The first-order valence-corrected chi connectivity index (χ1v) is 6.94. The summed E-state index contributed by atoms with van der Waals surface area (Å²) in [4.78, 5) is 28.5. The highest BCUT2D eigenvalue weighted by Crippen LogP contribution is 2.15. The second kappa shape index (κ2) is 5.12. The maximum absolute atomic E-state index is 12.5. The maximum atomic E-state index is 12.5. The normalized spacial score (nSPS) is 12.3. The van der Waals surface area contributed by atoms with Gasteiger partial charge in [0.2, 0.25) is 0 Å². The number of hydrogen-bond donors (Lipinski definition) is 0. The van der Waals surface area contributed by atoms with E-state index in [1.807, 2.05) is 13.8 Å². The lowest BCUT2D eigenvalue weighted by molar-refractivity contribution is -0.891. The van der Waals surface area contributed by atoms with Gasteiger partial charge in [0.25, 0.3) is 5.56 Å². The molecule has 0 aliphatic rings. The summed E-state index contributed by atoms with van der Waals surface area (Å²) in [6.45, 7) is 4.69. The molecular formula is C13H21N5O3. The molecule has 2 aromatic rings. The topological polar surface area (TPSA) is 84.9 Å². The highest BCUT2D eigenvalue weighted by Gasteiger charge is 2.21. The van der Waals surface area contributed by atoms with Crippen molar-refractivity contribution in [2.24, 2.45) is 21.1 Å². The van der Waals surface area contributed by atoms with Gasteiger partial charge in [-0.05, 0) is 13.8 Å². The van der Waals surface area contributed by atoms with Gasteiger partial charge >= 0.3 is 5.69 Å². The number of hydrogen-bond acceptors (Lipinski definition) is 4. The van der Waals surface area contributed by atoms with E-state index in [0.717, 1.165) is 4.57 Å². The molecule has 0 saturated carbocycles. The lowest BCUT2D eigenvalue weighted by Gasteiger charge is -2.40. The summed E-state index contributed by atoms with van der Waals surface area (Å²) in [5.74, 6) is 0.516. The van der Waals surface area contributed by atoms with Crippen molar-refractivity contribution in [3.63, 3.8) is 0 Å². The first kappa shape index (κ1) is 15.5. The molecular weight excluding hydrogens is 274 g/mol. The fourth-order valence-corrected chi connectivity index (χ4v) is 2.41. The molecule has 0 unspecified atom stereocenters. The van der Waals surface area contributed by atoms with Gasteiger partial charge in [0, 0.05) is 21.1 Å². The van der Waals surface area contributed by atoms with Crippen LogP contribution in [0.4, 0.5) is 0 Å². The molecule has 2 aromatic heterocycles. The monoisotopic (exact) mass is 295 g/mol. The van der Waals surface area contributed by atoms with E-state index in [1.54, 1.807) is 18.7 Å². The molecule has 0 atom stereocenters. The Balaban J connectivity index is 2.73. The maximum Gasteiger partial charge on any atom is 0.332 e. The number of imidazole rings is 1. The predicted molar refractivity (Wildman–Crippen MR) is 79.6 cm³/mol. The molecule has 0 spiro atoms. The molecule has 116 valence electrons. The molecule has 0 radical (unpaired) electrons. The Bertz CT molecular complexity index is 795. The summed E-state index contributed by atoms with van der Waals surface area (Å²) in [6, 6.07) is 0. The van der Waals surface area contributed by atoms with Crippen molar-refractivity contribution in [1.29, 1.82) is 0 Å². The SMILES string of the molecule is CC[N+]([O-])(CC)Cc1nc2c(c(=O)n(C)c(=O)n2C)n1C. The standard InChI is InChI=1S/C13H21N5O3/c1-6-18(21,7-2)8-9-14-11-10(15(9)3)12(19)17(5)13(20)16(11)4/h6-8H2,1-5H3. The summed E-state index contributed by atoms with van der Waals surface area (Å²) < 4.78 is 3.59. The first-order chi connectivity index (χ1) is 9.75. The van der Waals surface area contributed by atoms with Gasteiger partial charge in [-0.15, -0.1) is 0 Å². The van der Waals surface area contributed by atoms with E-state index in [1.165, 1.54) is 11.6 Å². The van der Waals surface area contributed by atoms with Gasteiger partial charge < -0.3 is 14.4 Å². The minimum absolute atomic E-state index is 0.176. The van der Waals surface area contributed by atoms with Gasteiger partial charge in [-0.2, -0.15) is 0 Å². The van der Waals surface area contributed by atoms with Crippen LogP contribution in [0.3, 0.4) is 0 Å². The van der Waals surface area contributed by atoms with Crippen molar-refractivity contribution < 1.29 is 4.65 Å². The van der Waals surface area contributed by atoms with E-state index < -0.39 is 15.9 Å². The molecule has 0 N–H and O–H groups in total. The molecule has 2 rings (SSSR count). The van der Waals surface area contributed by atoms with Gasteiger partial charge in [0.05, 0.1) is 13.1 Å². The molecule has 8 nitrogen and oxygen atoms in total. The Morgan fingerprint density at radius 1 is 1.05 bits per heavy atom. The Morgan fingerprint density at radius 2 is 1.62 bits per heavy atom. The summed E-state index contributed by atoms with van der Waals surface area (Å²) in [6.07, 6.45) is 0. The largest absolute Gasteiger partial charge is 0.632 e. The highest BCUT2D eigenvalue weighted by molar-refractivity contribution is 5.70. The Kier molecular flexibility index (Phi) is 3.77. The Morgan fingerprint density at radius 3 is 2.14 bits per heavy atom. The second-order valence-corrected chi connectivity index (χ2v) is 5.31. The minimum Gasteiger partial charge on any atom is -0.632 e. The first-order valence-electron chi connectivity index (χ1n) is 6.94. The zero-order chi connectivity index (χ0) is 15.9. The molecule has 0 fully saturated rings. The van der Waals surface area contributed by atoms with Gasteiger partial charge in [-0.1, -0.05) is 0 Å². The molecule has 0 amide bonds. The average molecular weight is 295 g/mol. The number of rotatable bonds is 4. The molecule has 8 heteroatoms. The van der Waals surface area contributed by atoms with Crippen molar-refractivity contribution in [2.75, 3.05) is 13.1 Å². The van der Waals surface area contributed by atoms with Crippen LogP contribution < -0.4 is 11.2 Å². The summed E-state index contributed by atoms with van der Waals surface area (Å²) in [5.41, 5.74) is -0.162. The van der Waals surface area contributed by atoms with Gasteiger partial charge in [0.15, 0.2) is 17.0 Å². The predicted octanol–water partition coefficient (Wildman–Crippen LogP) is -0.175. The lowest BCUT2D eigenvalue weighted by Crippen LogP contribution is -2.41. The summed E-state index contributed by atoms with van der Waals surface area (Å²) >= 11 is 0. The van der Waals surface area contributed by atoms with Crippen LogP contribution in [0.15, 0.2) is 9.59 Å². The fraction of sp³-hybridized carbons (Fsp3) is 0.615. The number of hydroxylamine groups is 3. The van der Waals surface area contributed by atoms with Crippen LogP contribution in [0.1, 0.15) is 19.7 Å². The van der Waals surface area contributed by atoms with Crippen LogP contribution in [0.25, 0.3) is 11.2 Å².